The van der Waals surface area contributed by atoms with Crippen LogP contribution in [0.15, 0.2) is 59.0 Å². The number of para-hydroxylation sites is 1. The summed E-state index contributed by atoms with van der Waals surface area (Å²) in [5, 5.41) is 4.07. The minimum atomic E-state index is -0.164. The van der Waals surface area contributed by atoms with Gasteiger partial charge in [0.2, 0.25) is 0 Å². The third-order valence-electron chi connectivity index (χ3n) is 4.45. The number of hydrogen-bond acceptors (Lipinski definition) is 3. The van der Waals surface area contributed by atoms with Crippen LogP contribution in [0.25, 0.3) is 11.0 Å². The Kier molecular flexibility index (Phi) is 6.14. The number of nitrogens with one attached hydrogen (secondary N) is 2. The highest BCUT2D eigenvalue weighted by Gasteiger charge is 2.17. The van der Waals surface area contributed by atoms with Crippen LogP contribution >= 0.6 is 0 Å². The zero-order valence-corrected chi connectivity index (χ0v) is 16.1. The molecule has 5 heteroatoms. The number of rotatable bonds is 8. The number of quaternary nitrogens is 1. The van der Waals surface area contributed by atoms with Crippen molar-refractivity contribution in [1.29, 1.82) is 0 Å². The Morgan fingerprint density at radius 1 is 1.19 bits per heavy atom. The number of amides is 1. The summed E-state index contributed by atoms with van der Waals surface area (Å²) in [6.07, 6.45) is 0. The Labute approximate surface area is 159 Å². The lowest BCUT2D eigenvalue weighted by Gasteiger charge is -2.16. The van der Waals surface area contributed by atoms with Crippen molar-refractivity contribution in [1.82, 2.24) is 5.32 Å². The molecule has 142 valence electrons. The van der Waals surface area contributed by atoms with Crippen LogP contribution in [-0.2, 0) is 11.3 Å². The highest BCUT2D eigenvalue weighted by Crippen LogP contribution is 2.23. The first-order valence-corrected chi connectivity index (χ1v) is 9.36. The molecule has 0 aliphatic heterocycles. The second kappa shape index (κ2) is 8.73. The van der Waals surface area contributed by atoms with E-state index < -0.39 is 0 Å². The number of carbonyl (C=O) groups excluding carboxylic acids is 1. The smallest absolute Gasteiger partial charge is 0.275 e. The Morgan fingerprint density at radius 3 is 2.63 bits per heavy atom. The molecule has 0 spiro atoms. The van der Waals surface area contributed by atoms with Crippen LogP contribution in [0.4, 0.5) is 0 Å². The monoisotopic (exact) mass is 367 g/mol. The fraction of sp³-hybridized carbons (Fsp3) is 0.318. The van der Waals surface area contributed by atoms with Gasteiger partial charge in [-0.1, -0.05) is 18.2 Å². The van der Waals surface area contributed by atoms with Gasteiger partial charge in [-0.05, 0) is 50.2 Å². The van der Waals surface area contributed by atoms with Crippen molar-refractivity contribution in [3.8, 4) is 5.75 Å². The molecular weight excluding hydrogens is 340 g/mol. The van der Waals surface area contributed by atoms with Gasteiger partial charge in [-0.2, -0.15) is 0 Å². The molecule has 0 fully saturated rings. The quantitative estimate of drug-likeness (QED) is 0.644. The van der Waals surface area contributed by atoms with Gasteiger partial charge in [0, 0.05) is 10.9 Å². The van der Waals surface area contributed by atoms with Gasteiger partial charge in [0.25, 0.3) is 5.91 Å². The molecule has 0 radical (unpaired) electrons. The first-order valence-electron chi connectivity index (χ1n) is 9.36. The molecule has 27 heavy (non-hydrogen) atoms. The lowest BCUT2D eigenvalue weighted by atomic mass is 10.2. The molecule has 5 nitrogen and oxygen atoms in total. The van der Waals surface area contributed by atoms with Crippen molar-refractivity contribution >= 4 is 16.9 Å². The third kappa shape index (κ3) is 5.11. The van der Waals surface area contributed by atoms with Gasteiger partial charge in [0.05, 0.1) is 19.7 Å². The van der Waals surface area contributed by atoms with E-state index >= 15 is 0 Å². The lowest BCUT2D eigenvalue weighted by Crippen LogP contribution is -3.08. The van der Waals surface area contributed by atoms with E-state index in [2.05, 4.69) is 5.32 Å². The summed E-state index contributed by atoms with van der Waals surface area (Å²) in [5.74, 6) is 1.65. The molecule has 0 aliphatic rings. The first kappa shape index (κ1) is 19.0. The summed E-state index contributed by atoms with van der Waals surface area (Å²) < 4.78 is 11.3. The summed E-state index contributed by atoms with van der Waals surface area (Å²) in [4.78, 5) is 13.5. The summed E-state index contributed by atoms with van der Waals surface area (Å²) in [7, 11) is 2.02. The van der Waals surface area contributed by atoms with E-state index in [1.54, 1.807) is 0 Å². The minimum absolute atomic E-state index is 0.00592. The van der Waals surface area contributed by atoms with E-state index in [0.29, 0.717) is 13.2 Å². The van der Waals surface area contributed by atoms with E-state index in [0.717, 1.165) is 33.9 Å². The van der Waals surface area contributed by atoms with Gasteiger partial charge >= 0.3 is 0 Å². The SMILES string of the molecule is CCOc1ccc(C[NH+](C)CC(=O)N[C@@H](C)c2cc3ccccc3o2)cc1. The standard InChI is InChI=1S/C22H26N2O3/c1-4-26-19-11-9-17(10-12-19)14-24(3)15-22(25)23-16(2)21-13-18-7-5-6-8-20(18)27-21/h5-13,16H,4,14-15H2,1-3H3,(H,23,25)/p+1/t16-/m0/s1. The molecule has 2 N–H and O–H groups in total. The van der Waals surface area contributed by atoms with Crippen molar-refractivity contribution in [2.45, 2.75) is 26.4 Å². The normalized spacial score (nSPS) is 13.3. The summed E-state index contributed by atoms with van der Waals surface area (Å²) in [6.45, 7) is 5.75. The van der Waals surface area contributed by atoms with Crippen molar-refractivity contribution in [3.63, 3.8) is 0 Å². The van der Waals surface area contributed by atoms with Crippen molar-refractivity contribution < 1.29 is 18.8 Å². The summed E-state index contributed by atoms with van der Waals surface area (Å²) in [6, 6.07) is 17.7. The second-order valence-corrected chi connectivity index (χ2v) is 6.86. The second-order valence-electron chi connectivity index (χ2n) is 6.86. The maximum absolute atomic E-state index is 12.4. The molecule has 2 aromatic carbocycles. The van der Waals surface area contributed by atoms with Gasteiger partial charge < -0.3 is 19.4 Å². The Hall–Kier alpha value is -2.79. The first-order chi connectivity index (χ1) is 13.0. The number of ether oxygens (including phenoxy) is 1. The van der Waals surface area contributed by atoms with Crippen LogP contribution in [0.2, 0.25) is 0 Å². The lowest BCUT2D eigenvalue weighted by molar-refractivity contribution is -0.885. The van der Waals surface area contributed by atoms with E-state index in [4.69, 9.17) is 9.15 Å². The zero-order valence-electron chi connectivity index (χ0n) is 16.1. The number of furan rings is 1. The predicted octanol–water partition coefficient (Wildman–Crippen LogP) is 2.72. The topological polar surface area (TPSA) is 55.9 Å². The Bertz CT molecular complexity index is 853. The van der Waals surface area contributed by atoms with Gasteiger partial charge in [0.15, 0.2) is 6.54 Å². The fourth-order valence-corrected chi connectivity index (χ4v) is 3.13. The molecule has 3 rings (SSSR count). The molecule has 1 aromatic heterocycles. The summed E-state index contributed by atoms with van der Waals surface area (Å²) >= 11 is 0. The number of hydrogen-bond donors (Lipinski definition) is 2. The van der Waals surface area contributed by atoms with Gasteiger partial charge in [0.1, 0.15) is 23.6 Å². The number of benzene rings is 2. The van der Waals surface area contributed by atoms with Crippen LogP contribution in [0.3, 0.4) is 0 Å². The van der Waals surface area contributed by atoms with Crippen molar-refractivity contribution in [3.05, 3.63) is 65.9 Å². The fourth-order valence-electron chi connectivity index (χ4n) is 3.13. The highest BCUT2D eigenvalue weighted by atomic mass is 16.5. The number of fused-ring (bicyclic) bond motifs is 1. The molecular formula is C22H27N2O3+. The molecule has 3 aromatic rings. The zero-order chi connectivity index (χ0) is 19.2. The van der Waals surface area contributed by atoms with Gasteiger partial charge in [-0.15, -0.1) is 0 Å². The van der Waals surface area contributed by atoms with Gasteiger partial charge in [-0.25, -0.2) is 0 Å². The van der Waals surface area contributed by atoms with Crippen LogP contribution in [0, 0.1) is 0 Å². The Morgan fingerprint density at radius 2 is 1.93 bits per heavy atom. The van der Waals surface area contributed by atoms with E-state index in [1.165, 1.54) is 5.56 Å². The van der Waals surface area contributed by atoms with E-state index in [1.807, 2.05) is 75.5 Å². The van der Waals surface area contributed by atoms with Crippen LogP contribution in [-0.4, -0.2) is 26.1 Å². The average Bonchev–Trinajstić information content (AvgIpc) is 3.08. The van der Waals surface area contributed by atoms with Crippen molar-refractivity contribution in [2.24, 2.45) is 0 Å². The maximum Gasteiger partial charge on any atom is 0.275 e. The van der Waals surface area contributed by atoms with Crippen LogP contribution in [0.5, 0.6) is 5.75 Å². The minimum Gasteiger partial charge on any atom is -0.494 e. The molecule has 0 bridgehead atoms. The molecule has 1 unspecified atom stereocenters. The number of carbonyl (C=O) groups is 1. The Balaban J connectivity index is 1.51. The molecule has 1 amide bonds. The maximum atomic E-state index is 12.4. The third-order valence-corrected chi connectivity index (χ3v) is 4.45. The predicted molar refractivity (Wildman–Crippen MR) is 106 cm³/mol. The van der Waals surface area contributed by atoms with Gasteiger partial charge in [-0.3, -0.25) is 4.79 Å². The molecule has 2 atom stereocenters. The largest absolute Gasteiger partial charge is 0.494 e. The summed E-state index contributed by atoms with van der Waals surface area (Å²) in [5.41, 5.74) is 2.01. The van der Waals surface area contributed by atoms with Crippen molar-refractivity contribution in [2.75, 3.05) is 20.2 Å². The molecule has 0 saturated carbocycles. The average molecular weight is 367 g/mol. The van der Waals surface area contributed by atoms with Crippen LogP contribution < -0.4 is 15.0 Å². The van der Waals surface area contributed by atoms with Crippen LogP contribution in [0.1, 0.15) is 31.2 Å². The molecule has 0 aliphatic carbocycles. The molecule has 1 heterocycles. The van der Waals surface area contributed by atoms with E-state index in [9.17, 15) is 4.79 Å². The molecule has 0 saturated heterocycles. The van der Waals surface area contributed by atoms with E-state index in [-0.39, 0.29) is 11.9 Å². The number of likely N-dealkylation sites (N-methyl/N-ethyl adjacent to an activating group) is 1. The highest BCUT2D eigenvalue weighted by molar-refractivity contribution is 5.79.